The van der Waals surface area contributed by atoms with Crippen LogP contribution in [0.15, 0.2) is 0 Å². The molecule has 2 aliphatic heterocycles. The highest BCUT2D eigenvalue weighted by atomic mass is 79.9. The van der Waals surface area contributed by atoms with Crippen molar-refractivity contribution in [2.75, 3.05) is 26.2 Å². The number of hydrogen-bond donors (Lipinski definition) is 0. The number of nitrogens with zero attached hydrogens (tertiary/aromatic N) is 2. The van der Waals surface area contributed by atoms with Crippen molar-refractivity contribution in [1.29, 1.82) is 0 Å². The first-order valence-electron chi connectivity index (χ1n) is 7.35. The number of carbonyl (C=O) groups excluding carboxylic acids is 1. The zero-order chi connectivity index (χ0) is 13.0. The molecule has 1 amide bonds. The van der Waals surface area contributed by atoms with E-state index in [4.69, 9.17) is 0 Å². The summed E-state index contributed by atoms with van der Waals surface area (Å²) in [6, 6.07) is 0.736. The Hall–Kier alpha value is -0.0900. The molecule has 2 aliphatic rings. The quantitative estimate of drug-likeness (QED) is 0.744. The second-order valence-electron chi connectivity index (χ2n) is 5.67. The fourth-order valence-corrected chi connectivity index (χ4v) is 3.68. The largest absolute Gasteiger partial charge is 0.342 e. The summed E-state index contributed by atoms with van der Waals surface area (Å²) in [5, 5.41) is 0. The molecule has 0 N–H and O–H groups in total. The molecular weight excluding hydrogens is 292 g/mol. The summed E-state index contributed by atoms with van der Waals surface area (Å²) < 4.78 is 0. The molecule has 0 bridgehead atoms. The third-order valence-corrected chi connectivity index (χ3v) is 5.13. The highest BCUT2D eigenvalue weighted by molar-refractivity contribution is 9.10. The zero-order valence-electron chi connectivity index (χ0n) is 11.4. The van der Waals surface area contributed by atoms with Crippen molar-refractivity contribution >= 4 is 21.8 Å². The van der Waals surface area contributed by atoms with Crippen molar-refractivity contribution in [2.45, 2.75) is 56.3 Å². The highest BCUT2D eigenvalue weighted by Gasteiger charge is 2.26. The van der Waals surface area contributed by atoms with Crippen molar-refractivity contribution in [3.8, 4) is 0 Å². The van der Waals surface area contributed by atoms with Gasteiger partial charge in [0.1, 0.15) is 0 Å². The molecule has 4 heteroatoms. The molecule has 2 fully saturated rings. The van der Waals surface area contributed by atoms with Crippen molar-refractivity contribution in [1.82, 2.24) is 9.80 Å². The molecule has 0 aromatic heterocycles. The predicted octanol–water partition coefficient (Wildman–Crippen LogP) is 2.64. The summed E-state index contributed by atoms with van der Waals surface area (Å²) in [6.45, 7) is 6.62. The SMILES string of the molecule is CC1CCCCN1CCCN1CCCC(Br)C1=O. The maximum atomic E-state index is 11.9. The van der Waals surface area contributed by atoms with Crippen LogP contribution in [0.1, 0.15) is 45.4 Å². The molecule has 0 radical (unpaired) electrons. The predicted molar refractivity (Wildman–Crippen MR) is 78.0 cm³/mol. The van der Waals surface area contributed by atoms with Gasteiger partial charge >= 0.3 is 0 Å². The van der Waals surface area contributed by atoms with Crippen LogP contribution in [0.3, 0.4) is 0 Å². The fourth-order valence-electron chi connectivity index (χ4n) is 3.07. The standard InChI is InChI=1S/C14H25BrN2O/c1-12-6-2-3-8-16(12)10-5-11-17-9-4-7-13(15)14(17)18/h12-13H,2-11H2,1H3. The molecule has 0 saturated carbocycles. The maximum absolute atomic E-state index is 11.9. The maximum Gasteiger partial charge on any atom is 0.236 e. The molecule has 2 heterocycles. The highest BCUT2D eigenvalue weighted by Crippen LogP contribution is 2.19. The summed E-state index contributed by atoms with van der Waals surface area (Å²) in [5.74, 6) is 0.299. The third-order valence-electron chi connectivity index (χ3n) is 4.28. The Morgan fingerprint density at radius 2 is 2.00 bits per heavy atom. The van der Waals surface area contributed by atoms with Gasteiger partial charge in [0.15, 0.2) is 0 Å². The molecule has 104 valence electrons. The topological polar surface area (TPSA) is 23.6 Å². The van der Waals surface area contributed by atoms with Crippen LogP contribution in [0.5, 0.6) is 0 Å². The minimum atomic E-state index is 0.0696. The molecule has 3 nitrogen and oxygen atoms in total. The molecule has 0 aliphatic carbocycles. The average Bonchev–Trinajstić information content (AvgIpc) is 2.37. The van der Waals surface area contributed by atoms with Gasteiger partial charge in [0.25, 0.3) is 0 Å². The molecule has 2 saturated heterocycles. The van der Waals surface area contributed by atoms with Crippen LogP contribution in [-0.2, 0) is 4.79 Å². The normalized spacial score (nSPS) is 30.8. The number of carbonyl (C=O) groups is 1. The molecule has 18 heavy (non-hydrogen) atoms. The number of likely N-dealkylation sites (tertiary alicyclic amines) is 2. The average molecular weight is 317 g/mol. The Kier molecular flexibility index (Phi) is 5.49. The van der Waals surface area contributed by atoms with Gasteiger partial charge in [-0.15, -0.1) is 0 Å². The first-order valence-corrected chi connectivity index (χ1v) is 8.27. The van der Waals surface area contributed by atoms with Gasteiger partial charge in [-0.3, -0.25) is 4.79 Å². The first kappa shape index (κ1) is 14.3. The minimum absolute atomic E-state index is 0.0696. The van der Waals surface area contributed by atoms with Gasteiger partial charge in [0.2, 0.25) is 5.91 Å². The number of halogens is 1. The van der Waals surface area contributed by atoms with Gasteiger partial charge in [-0.2, -0.15) is 0 Å². The summed E-state index contributed by atoms with van der Waals surface area (Å²) in [6.07, 6.45) is 7.33. The van der Waals surface area contributed by atoms with Gasteiger partial charge in [0, 0.05) is 25.7 Å². The molecule has 2 atom stereocenters. The summed E-state index contributed by atoms with van der Waals surface area (Å²) >= 11 is 3.47. The van der Waals surface area contributed by atoms with E-state index >= 15 is 0 Å². The van der Waals surface area contributed by atoms with Crippen LogP contribution in [0.2, 0.25) is 0 Å². The second-order valence-corrected chi connectivity index (χ2v) is 6.77. The van der Waals surface area contributed by atoms with Crippen LogP contribution in [-0.4, -0.2) is 52.8 Å². The minimum Gasteiger partial charge on any atom is -0.342 e. The monoisotopic (exact) mass is 316 g/mol. The van der Waals surface area contributed by atoms with Crippen LogP contribution < -0.4 is 0 Å². The van der Waals surface area contributed by atoms with E-state index in [1.165, 1.54) is 25.8 Å². The number of amides is 1. The fraction of sp³-hybridized carbons (Fsp3) is 0.929. The Bertz CT molecular complexity index is 285. The molecule has 0 aromatic rings. The Balaban J connectivity index is 1.69. The van der Waals surface area contributed by atoms with E-state index in [2.05, 4.69) is 27.8 Å². The van der Waals surface area contributed by atoms with E-state index in [1.807, 2.05) is 4.90 Å². The van der Waals surface area contributed by atoms with Gasteiger partial charge in [-0.05, 0) is 45.6 Å². The number of piperidine rings is 2. The lowest BCUT2D eigenvalue weighted by Crippen LogP contribution is -2.44. The van der Waals surface area contributed by atoms with Gasteiger partial charge in [-0.1, -0.05) is 22.4 Å². The van der Waals surface area contributed by atoms with E-state index in [0.29, 0.717) is 5.91 Å². The van der Waals surface area contributed by atoms with Crippen molar-refractivity contribution < 1.29 is 4.79 Å². The number of rotatable bonds is 4. The molecule has 2 rings (SSSR count). The molecule has 0 aromatic carbocycles. The van der Waals surface area contributed by atoms with E-state index in [-0.39, 0.29) is 4.83 Å². The van der Waals surface area contributed by atoms with Crippen LogP contribution in [0, 0.1) is 0 Å². The van der Waals surface area contributed by atoms with Gasteiger partial charge in [-0.25, -0.2) is 0 Å². The van der Waals surface area contributed by atoms with Crippen molar-refractivity contribution in [3.05, 3.63) is 0 Å². The van der Waals surface area contributed by atoms with Crippen LogP contribution in [0.4, 0.5) is 0 Å². The number of alkyl halides is 1. The van der Waals surface area contributed by atoms with E-state index in [0.717, 1.165) is 44.9 Å². The molecule has 2 unspecified atom stereocenters. The number of hydrogen-bond acceptors (Lipinski definition) is 2. The summed E-state index contributed by atoms with van der Waals surface area (Å²) in [5.41, 5.74) is 0. The Labute approximate surface area is 119 Å². The van der Waals surface area contributed by atoms with Gasteiger partial charge in [0.05, 0.1) is 4.83 Å². The Morgan fingerprint density at radius 3 is 2.78 bits per heavy atom. The van der Waals surface area contributed by atoms with E-state index in [9.17, 15) is 4.79 Å². The second kappa shape index (κ2) is 6.90. The third kappa shape index (κ3) is 3.70. The molecule has 0 spiro atoms. The van der Waals surface area contributed by atoms with E-state index in [1.54, 1.807) is 0 Å². The van der Waals surface area contributed by atoms with Crippen LogP contribution >= 0.6 is 15.9 Å². The first-order chi connectivity index (χ1) is 8.68. The summed E-state index contributed by atoms with van der Waals surface area (Å²) in [4.78, 5) is 16.6. The summed E-state index contributed by atoms with van der Waals surface area (Å²) in [7, 11) is 0. The van der Waals surface area contributed by atoms with Crippen LogP contribution in [0.25, 0.3) is 0 Å². The van der Waals surface area contributed by atoms with Crippen molar-refractivity contribution in [2.24, 2.45) is 0 Å². The zero-order valence-corrected chi connectivity index (χ0v) is 13.0. The lowest BCUT2D eigenvalue weighted by molar-refractivity contribution is -0.132. The Morgan fingerprint density at radius 1 is 1.17 bits per heavy atom. The lowest BCUT2D eigenvalue weighted by atomic mass is 10.0. The molecular formula is C14H25BrN2O. The van der Waals surface area contributed by atoms with E-state index < -0.39 is 0 Å². The van der Waals surface area contributed by atoms with Crippen molar-refractivity contribution in [3.63, 3.8) is 0 Å². The van der Waals surface area contributed by atoms with Gasteiger partial charge < -0.3 is 9.80 Å². The smallest absolute Gasteiger partial charge is 0.236 e. The lowest BCUT2D eigenvalue weighted by Gasteiger charge is -2.35.